The highest BCUT2D eigenvalue weighted by atomic mass is 127. The molecule has 0 unspecified atom stereocenters. The van der Waals surface area contributed by atoms with Crippen molar-refractivity contribution in [2.75, 3.05) is 11.6 Å². The molecule has 0 saturated carbocycles. The summed E-state index contributed by atoms with van der Waals surface area (Å²) in [6.07, 6.45) is 5.11. The van der Waals surface area contributed by atoms with E-state index in [2.05, 4.69) is 27.9 Å². The third kappa shape index (κ3) is 7.88. The molecule has 0 heterocycles. The molecular weight excluding hydrogens is 519 g/mol. The third-order valence-corrected chi connectivity index (χ3v) is 5.55. The van der Waals surface area contributed by atoms with Gasteiger partial charge in [0.15, 0.2) is 0 Å². The fourth-order valence-electron chi connectivity index (χ4n) is 2.66. The number of hydrogen-bond donors (Lipinski definition) is 4. The van der Waals surface area contributed by atoms with Crippen LogP contribution in [0.15, 0.2) is 59.5 Å². The van der Waals surface area contributed by atoms with Crippen LogP contribution in [0.5, 0.6) is 5.75 Å². The van der Waals surface area contributed by atoms with E-state index in [1.54, 1.807) is 48.2 Å². The van der Waals surface area contributed by atoms with Crippen molar-refractivity contribution in [3.63, 3.8) is 0 Å². The summed E-state index contributed by atoms with van der Waals surface area (Å²) in [7, 11) is 0. The number of hydrogen-bond acceptors (Lipinski definition) is 6. The Hall–Kier alpha value is -2.24. The Morgan fingerprint density at radius 3 is 2.63 bits per heavy atom. The van der Waals surface area contributed by atoms with Crippen molar-refractivity contribution < 1.29 is 24.6 Å². The second kappa shape index (κ2) is 12.5. The number of unbranched alkanes of at least 4 members (excludes halogenated alkanes) is 1. The molecule has 160 valence electrons. The molecule has 7 nitrogen and oxygen atoms in total. The van der Waals surface area contributed by atoms with E-state index in [1.807, 2.05) is 18.4 Å². The van der Waals surface area contributed by atoms with Crippen molar-refractivity contribution in [3.8, 4) is 5.75 Å². The molecule has 0 spiro atoms. The summed E-state index contributed by atoms with van der Waals surface area (Å²) in [4.78, 5) is 24.5. The number of nitrogens with one attached hydrogen (secondary N) is 2. The number of carbonyl (C=O) groups is 2. The highest BCUT2D eigenvalue weighted by Crippen LogP contribution is 2.32. The molecule has 9 heteroatoms. The van der Waals surface area contributed by atoms with Gasteiger partial charge in [-0.3, -0.25) is 15.3 Å². The lowest BCUT2D eigenvalue weighted by molar-refractivity contribution is -0.124. The Labute approximate surface area is 193 Å². The third-order valence-electron chi connectivity index (χ3n) is 4.14. The number of carbonyl (C=O) groups excluding carboxylic acids is 2. The Bertz CT molecular complexity index is 889. The van der Waals surface area contributed by atoms with Crippen LogP contribution in [0.25, 0.3) is 0 Å². The van der Waals surface area contributed by atoms with E-state index in [-0.39, 0.29) is 5.75 Å². The number of phenolic OH excluding ortho intramolecular Hbond substituents is 1. The minimum Gasteiger partial charge on any atom is -0.508 e. The van der Waals surface area contributed by atoms with Gasteiger partial charge in [0.2, 0.25) is 0 Å². The first-order valence-electron chi connectivity index (χ1n) is 9.13. The van der Waals surface area contributed by atoms with Crippen LogP contribution >= 0.6 is 34.4 Å². The number of allylic oxidation sites excluding steroid dienone is 1. The Morgan fingerprint density at radius 1 is 1.23 bits per heavy atom. The Kier molecular flexibility index (Phi) is 9.98. The number of anilines is 1. The first-order valence-corrected chi connectivity index (χ1v) is 11.4. The molecule has 2 aromatic rings. The van der Waals surface area contributed by atoms with Crippen LogP contribution in [0.3, 0.4) is 0 Å². The molecule has 0 aliphatic carbocycles. The van der Waals surface area contributed by atoms with Gasteiger partial charge in [-0.05, 0) is 90.6 Å². The van der Waals surface area contributed by atoms with E-state index in [1.165, 1.54) is 11.6 Å². The lowest BCUT2D eigenvalue weighted by atomic mass is 10.0. The summed E-state index contributed by atoms with van der Waals surface area (Å²) in [5.74, 6) is -0.558. The van der Waals surface area contributed by atoms with E-state index in [0.29, 0.717) is 30.5 Å². The minimum absolute atomic E-state index is 0.0488. The van der Waals surface area contributed by atoms with Crippen molar-refractivity contribution in [1.82, 2.24) is 5.48 Å². The van der Waals surface area contributed by atoms with Crippen LogP contribution in [0.2, 0.25) is 0 Å². The molecule has 0 aliphatic rings. The van der Waals surface area contributed by atoms with E-state index in [4.69, 9.17) is 9.94 Å². The van der Waals surface area contributed by atoms with Gasteiger partial charge in [0.05, 0.1) is 0 Å². The quantitative estimate of drug-likeness (QED) is 0.0863. The average Bonchev–Trinajstić information content (AvgIpc) is 2.74. The number of hydroxylamine groups is 1. The maximum absolute atomic E-state index is 12.4. The standard InChI is InChI=1S/C21H23IN2O5S/c1-30-16-10-8-15(9-11-16)23-21(27)29-19(5-3-2-4-6-20(26)24-28)17-13-14(22)7-12-18(17)25/h4,6-13,19,25,28H,2-3,5H2,1H3,(H,23,27)(H,24,26)/b6-4+/t19-/m0/s1. The number of rotatable bonds is 9. The molecule has 0 radical (unpaired) electrons. The Morgan fingerprint density at radius 2 is 1.97 bits per heavy atom. The molecule has 1 atom stereocenters. The number of benzene rings is 2. The van der Waals surface area contributed by atoms with Gasteiger partial charge in [-0.25, -0.2) is 10.3 Å². The predicted molar refractivity (Wildman–Crippen MR) is 125 cm³/mol. The zero-order valence-electron chi connectivity index (χ0n) is 16.3. The highest BCUT2D eigenvalue weighted by molar-refractivity contribution is 14.1. The number of halogens is 1. The number of phenols is 1. The summed E-state index contributed by atoms with van der Waals surface area (Å²) >= 11 is 3.73. The lowest BCUT2D eigenvalue weighted by Gasteiger charge is -2.20. The molecular formula is C21H23IN2O5S. The normalized spacial score (nSPS) is 11.8. The fraction of sp³-hybridized carbons (Fsp3) is 0.238. The number of ether oxygens (including phenoxy) is 1. The highest BCUT2D eigenvalue weighted by Gasteiger charge is 2.20. The molecule has 30 heavy (non-hydrogen) atoms. The van der Waals surface area contributed by atoms with Crippen LogP contribution in [-0.4, -0.2) is 28.6 Å². The van der Waals surface area contributed by atoms with Gasteiger partial charge in [0.1, 0.15) is 11.9 Å². The summed E-state index contributed by atoms with van der Waals surface area (Å²) in [5, 5.41) is 21.5. The molecule has 0 bridgehead atoms. The smallest absolute Gasteiger partial charge is 0.412 e. The largest absolute Gasteiger partial charge is 0.508 e. The Balaban J connectivity index is 2.06. The monoisotopic (exact) mass is 542 g/mol. The van der Waals surface area contributed by atoms with Crippen molar-refractivity contribution in [1.29, 1.82) is 0 Å². The first kappa shape index (κ1) is 24.0. The van der Waals surface area contributed by atoms with Crippen molar-refractivity contribution in [2.24, 2.45) is 0 Å². The molecule has 2 aromatic carbocycles. The van der Waals surface area contributed by atoms with E-state index >= 15 is 0 Å². The zero-order chi connectivity index (χ0) is 21.9. The van der Waals surface area contributed by atoms with Gasteiger partial charge in [-0.1, -0.05) is 6.08 Å². The maximum Gasteiger partial charge on any atom is 0.412 e. The number of aromatic hydroxyl groups is 1. The number of amides is 2. The maximum atomic E-state index is 12.4. The molecule has 4 N–H and O–H groups in total. The fourth-order valence-corrected chi connectivity index (χ4v) is 3.58. The molecule has 0 aromatic heterocycles. The number of thioether (sulfide) groups is 1. The van der Waals surface area contributed by atoms with Crippen LogP contribution in [0, 0.1) is 3.57 Å². The molecule has 0 fully saturated rings. The molecule has 0 saturated heterocycles. The van der Waals surface area contributed by atoms with Crippen molar-refractivity contribution in [3.05, 3.63) is 63.8 Å². The molecule has 2 amide bonds. The van der Waals surface area contributed by atoms with Crippen molar-refractivity contribution >= 4 is 52.0 Å². The predicted octanol–water partition coefficient (Wildman–Crippen LogP) is 5.24. The summed E-state index contributed by atoms with van der Waals surface area (Å²) in [6.45, 7) is 0. The van der Waals surface area contributed by atoms with E-state index in [0.717, 1.165) is 8.47 Å². The summed E-state index contributed by atoms with van der Waals surface area (Å²) in [5.41, 5.74) is 2.65. The topological polar surface area (TPSA) is 108 Å². The van der Waals surface area contributed by atoms with Crippen LogP contribution in [0.1, 0.15) is 30.9 Å². The van der Waals surface area contributed by atoms with Gasteiger partial charge in [-0.15, -0.1) is 11.8 Å². The first-order chi connectivity index (χ1) is 14.4. The van der Waals surface area contributed by atoms with Gasteiger partial charge in [-0.2, -0.15) is 0 Å². The van der Waals surface area contributed by atoms with Crippen LogP contribution in [0.4, 0.5) is 10.5 Å². The second-order valence-electron chi connectivity index (χ2n) is 6.26. The van der Waals surface area contributed by atoms with Crippen LogP contribution in [-0.2, 0) is 9.53 Å². The van der Waals surface area contributed by atoms with E-state index < -0.39 is 18.1 Å². The average molecular weight is 542 g/mol. The lowest BCUT2D eigenvalue weighted by Crippen LogP contribution is -2.18. The minimum atomic E-state index is -0.662. The van der Waals surface area contributed by atoms with Gasteiger partial charge in [0, 0.05) is 25.8 Å². The summed E-state index contributed by atoms with van der Waals surface area (Å²) in [6, 6.07) is 12.5. The SMILES string of the molecule is CSc1ccc(NC(=O)O[C@@H](CCC/C=C/C(=O)NO)c2cc(I)ccc2O)cc1. The molecule has 2 rings (SSSR count). The van der Waals surface area contributed by atoms with Crippen LogP contribution < -0.4 is 10.8 Å². The van der Waals surface area contributed by atoms with Gasteiger partial charge in [0.25, 0.3) is 5.91 Å². The second-order valence-corrected chi connectivity index (χ2v) is 8.39. The zero-order valence-corrected chi connectivity index (χ0v) is 19.3. The molecule has 0 aliphatic heterocycles. The van der Waals surface area contributed by atoms with Crippen molar-refractivity contribution in [2.45, 2.75) is 30.3 Å². The van der Waals surface area contributed by atoms with Gasteiger partial charge < -0.3 is 9.84 Å². The van der Waals surface area contributed by atoms with Gasteiger partial charge >= 0.3 is 6.09 Å². The summed E-state index contributed by atoms with van der Waals surface area (Å²) < 4.78 is 6.52. The van der Waals surface area contributed by atoms with E-state index in [9.17, 15) is 14.7 Å².